The Morgan fingerprint density at radius 3 is 2.52 bits per heavy atom. The number of amides is 1. The zero-order valence-corrected chi connectivity index (χ0v) is 11.7. The number of methoxy groups -OCH3 is 2. The van der Waals surface area contributed by atoms with Gasteiger partial charge in [-0.1, -0.05) is 6.07 Å². The smallest absolute Gasteiger partial charge is 0.255 e. The van der Waals surface area contributed by atoms with Gasteiger partial charge in [-0.05, 0) is 36.4 Å². The molecule has 0 spiro atoms. The van der Waals surface area contributed by atoms with E-state index < -0.39 is 0 Å². The number of nitrogens with zero attached hydrogens (tertiary/aromatic N) is 1. The van der Waals surface area contributed by atoms with Crippen LogP contribution in [0.4, 0.5) is 5.69 Å². The van der Waals surface area contributed by atoms with Gasteiger partial charge in [-0.3, -0.25) is 4.79 Å². The van der Waals surface area contributed by atoms with Crippen molar-refractivity contribution in [1.29, 1.82) is 5.26 Å². The van der Waals surface area contributed by atoms with Crippen LogP contribution in [-0.4, -0.2) is 20.1 Å². The van der Waals surface area contributed by atoms with Crippen LogP contribution in [-0.2, 0) is 0 Å². The zero-order chi connectivity index (χ0) is 15.2. The maximum atomic E-state index is 12.2. The summed E-state index contributed by atoms with van der Waals surface area (Å²) in [5.41, 5.74) is 1.49. The van der Waals surface area contributed by atoms with Crippen LogP contribution in [0.5, 0.6) is 11.5 Å². The molecule has 0 aliphatic rings. The van der Waals surface area contributed by atoms with Crippen LogP contribution >= 0.6 is 0 Å². The number of benzene rings is 2. The summed E-state index contributed by atoms with van der Waals surface area (Å²) in [5.74, 6) is 0.752. The van der Waals surface area contributed by atoms with Crippen LogP contribution in [0.15, 0.2) is 42.5 Å². The Kier molecular flexibility index (Phi) is 4.42. The van der Waals surface area contributed by atoms with Crippen LogP contribution in [0, 0.1) is 11.3 Å². The molecule has 0 aromatic heterocycles. The first kappa shape index (κ1) is 14.4. The Morgan fingerprint density at radius 1 is 1.10 bits per heavy atom. The molecule has 21 heavy (non-hydrogen) atoms. The fraction of sp³-hybridized carbons (Fsp3) is 0.125. The van der Waals surface area contributed by atoms with E-state index in [-0.39, 0.29) is 5.91 Å². The quantitative estimate of drug-likeness (QED) is 0.936. The number of anilines is 1. The van der Waals surface area contributed by atoms with Gasteiger partial charge in [0.25, 0.3) is 5.91 Å². The van der Waals surface area contributed by atoms with Gasteiger partial charge in [0.1, 0.15) is 0 Å². The molecule has 0 heterocycles. The lowest BCUT2D eigenvalue weighted by atomic mass is 10.1. The number of carbonyl (C=O) groups excluding carboxylic acids is 1. The van der Waals surface area contributed by atoms with Gasteiger partial charge >= 0.3 is 0 Å². The molecule has 1 amide bonds. The maximum absolute atomic E-state index is 12.2. The lowest BCUT2D eigenvalue weighted by Gasteiger charge is -2.10. The highest BCUT2D eigenvalue weighted by Crippen LogP contribution is 2.27. The first-order valence-electron chi connectivity index (χ1n) is 6.21. The summed E-state index contributed by atoms with van der Waals surface area (Å²) >= 11 is 0. The molecule has 0 aliphatic carbocycles. The predicted octanol–water partition coefficient (Wildman–Crippen LogP) is 2.83. The average molecular weight is 282 g/mol. The normalized spacial score (nSPS) is 9.57. The Hall–Kier alpha value is -3.00. The van der Waals surface area contributed by atoms with Crippen molar-refractivity contribution in [2.24, 2.45) is 0 Å². The largest absolute Gasteiger partial charge is 0.493 e. The first-order chi connectivity index (χ1) is 10.2. The van der Waals surface area contributed by atoms with E-state index in [2.05, 4.69) is 5.32 Å². The number of nitriles is 1. The summed E-state index contributed by atoms with van der Waals surface area (Å²) in [6.07, 6.45) is 0. The molecular formula is C16H14N2O3. The van der Waals surface area contributed by atoms with E-state index in [0.717, 1.165) is 0 Å². The molecule has 5 nitrogen and oxygen atoms in total. The number of nitrogens with one attached hydrogen (secondary N) is 1. The van der Waals surface area contributed by atoms with E-state index in [9.17, 15) is 4.79 Å². The lowest BCUT2D eigenvalue weighted by molar-refractivity contribution is 0.102. The minimum atomic E-state index is -0.286. The van der Waals surface area contributed by atoms with Gasteiger partial charge in [0.15, 0.2) is 11.5 Å². The third kappa shape index (κ3) is 3.31. The molecule has 0 bridgehead atoms. The molecule has 2 aromatic carbocycles. The molecule has 0 saturated carbocycles. The Balaban J connectivity index is 2.22. The summed E-state index contributed by atoms with van der Waals surface area (Å²) < 4.78 is 10.3. The van der Waals surface area contributed by atoms with Crippen molar-refractivity contribution in [3.63, 3.8) is 0 Å². The average Bonchev–Trinajstić information content (AvgIpc) is 2.54. The van der Waals surface area contributed by atoms with Crippen molar-refractivity contribution in [3.05, 3.63) is 53.6 Å². The second kappa shape index (κ2) is 6.44. The highest BCUT2D eigenvalue weighted by Gasteiger charge is 2.11. The van der Waals surface area contributed by atoms with Gasteiger partial charge in [0.05, 0.1) is 25.9 Å². The van der Waals surface area contributed by atoms with Crippen LogP contribution in [0.3, 0.4) is 0 Å². The number of carbonyl (C=O) groups is 1. The van der Waals surface area contributed by atoms with Crippen molar-refractivity contribution in [1.82, 2.24) is 0 Å². The summed E-state index contributed by atoms with van der Waals surface area (Å²) in [4.78, 5) is 12.2. The van der Waals surface area contributed by atoms with E-state index in [1.807, 2.05) is 6.07 Å². The summed E-state index contributed by atoms with van der Waals surface area (Å²) in [7, 11) is 3.04. The van der Waals surface area contributed by atoms with Gasteiger partial charge in [0, 0.05) is 11.3 Å². The SMILES string of the molecule is COc1ccc(C(=O)Nc2cccc(C#N)c2)cc1OC. The maximum Gasteiger partial charge on any atom is 0.255 e. The van der Waals surface area contributed by atoms with E-state index in [0.29, 0.717) is 28.3 Å². The predicted molar refractivity (Wildman–Crippen MR) is 78.7 cm³/mol. The molecule has 0 unspecified atom stereocenters. The van der Waals surface area contributed by atoms with Crippen LogP contribution in [0.25, 0.3) is 0 Å². The molecule has 0 saturated heterocycles. The molecule has 1 N–H and O–H groups in total. The molecule has 0 fully saturated rings. The lowest BCUT2D eigenvalue weighted by Crippen LogP contribution is -2.12. The van der Waals surface area contributed by atoms with Crippen LogP contribution in [0.2, 0.25) is 0 Å². The van der Waals surface area contributed by atoms with Crippen molar-refractivity contribution in [2.75, 3.05) is 19.5 Å². The van der Waals surface area contributed by atoms with Gasteiger partial charge in [-0.2, -0.15) is 5.26 Å². The summed E-state index contributed by atoms with van der Waals surface area (Å²) in [6, 6.07) is 13.7. The monoisotopic (exact) mass is 282 g/mol. The summed E-state index contributed by atoms with van der Waals surface area (Å²) in [5, 5.41) is 11.6. The molecule has 0 aliphatic heterocycles. The number of hydrogen-bond acceptors (Lipinski definition) is 4. The van der Waals surface area contributed by atoms with E-state index >= 15 is 0 Å². The Labute approximate surface area is 122 Å². The Morgan fingerprint density at radius 2 is 1.86 bits per heavy atom. The van der Waals surface area contributed by atoms with Crippen molar-refractivity contribution in [2.45, 2.75) is 0 Å². The molecular weight excluding hydrogens is 268 g/mol. The standard InChI is InChI=1S/C16H14N2O3/c1-20-14-7-6-12(9-15(14)21-2)16(19)18-13-5-3-4-11(8-13)10-17/h3-9H,1-2H3,(H,18,19). The minimum Gasteiger partial charge on any atom is -0.493 e. The van der Waals surface area contributed by atoms with Gasteiger partial charge in [-0.25, -0.2) is 0 Å². The van der Waals surface area contributed by atoms with Crippen molar-refractivity contribution >= 4 is 11.6 Å². The highest BCUT2D eigenvalue weighted by atomic mass is 16.5. The van der Waals surface area contributed by atoms with E-state index in [4.69, 9.17) is 14.7 Å². The topological polar surface area (TPSA) is 71.3 Å². The van der Waals surface area contributed by atoms with Crippen molar-refractivity contribution < 1.29 is 14.3 Å². The van der Waals surface area contributed by atoms with Gasteiger partial charge in [0.2, 0.25) is 0 Å². The number of ether oxygens (including phenoxy) is 2. The molecule has 0 radical (unpaired) electrons. The number of rotatable bonds is 4. The first-order valence-corrected chi connectivity index (χ1v) is 6.21. The summed E-state index contributed by atoms with van der Waals surface area (Å²) in [6.45, 7) is 0. The van der Waals surface area contributed by atoms with Crippen LogP contribution < -0.4 is 14.8 Å². The third-order valence-corrected chi connectivity index (χ3v) is 2.90. The zero-order valence-electron chi connectivity index (χ0n) is 11.7. The Bertz CT molecular complexity index is 705. The van der Waals surface area contributed by atoms with Crippen LogP contribution in [0.1, 0.15) is 15.9 Å². The third-order valence-electron chi connectivity index (χ3n) is 2.90. The molecule has 2 rings (SSSR count). The molecule has 106 valence electrons. The molecule has 0 atom stereocenters. The second-order valence-corrected chi connectivity index (χ2v) is 4.22. The minimum absolute atomic E-state index is 0.286. The van der Waals surface area contributed by atoms with E-state index in [1.54, 1.807) is 42.5 Å². The van der Waals surface area contributed by atoms with Gasteiger partial charge < -0.3 is 14.8 Å². The number of hydrogen-bond donors (Lipinski definition) is 1. The van der Waals surface area contributed by atoms with Crippen molar-refractivity contribution in [3.8, 4) is 17.6 Å². The fourth-order valence-corrected chi connectivity index (χ4v) is 1.85. The van der Waals surface area contributed by atoms with E-state index in [1.165, 1.54) is 14.2 Å². The van der Waals surface area contributed by atoms with Gasteiger partial charge in [-0.15, -0.1) is 0 Å². The highest BCUT2D eigenvalue weighted by molar-refractivity contribution is 6.04. The second-order valence-electron chi connectivity index (χ2n) is 4.22. The fourth-order valence-electron chi connectivity index (χ4n) is 1.85. The molecule has 5 heteroatoms. The molecule has 2 aromatic rings.